The molecule has 0 saturated carbocycles. The van der Waals surface area contributed by atoms with E-state index in [1.807, 2.05) is 0 Å². The SMILES string of the molecule is CCCCCCCCCCCCOCCOC(=O)C(=O)c1ccccc1. The van der Waals surface area contributed by atoms with Crippen molar-refractivity contribution >= 4 is 11.8 Å². The van der Waals surface area contributed by atoms with Crippen LogP contribution in [-0.2, 0) is 14.3 Å². The number of ether oxygens (including phenoxy) is 2. The zero-order chi connectivity index (χ0) is 18.9. The Hall–Kier alpha value is -1.68. The van der Waals surface area contributed by atoms with E-state index < -0.39 is 11.8 Å². The molecule has 1 rings (SSSR count). The van der Waals surface area contributed by atoms with Crippen molar-refractivity contribution in [2.24, 2.45) is 0 Å². The summed E-state index contributed by atoms with van der Waals surface area (Å²) in [5.74, 6) is -1.43. The van der Waals surface area contributed by atoms with Gasteiger partial charge in [0.15, 0.2) is 0 Å². The van der Waals surface area contributed by atoms with Crippen molar-refractivity contribution in [3.63, 3.8) is 0 Å². The molecular formula is C22H34O4. The lowest BCUT2D eigenvalue weighted by molar-refractivity contribution is -0.139. The van der Waals surface area contributed by atoms with Crippen LogP contribution in [0.15, 0.2) is 30.3 Å². The Balaban J connectivity index is 1.87. The molecule has 0 spiro atoms. The Labute approximate surface area is 158 Å². The number of benzene rings is 1. The fourth-order valence-corrected chi connectivity index (χ4v) is 2.76. The summed E-state index contributed by atoms with van der Waals surface area (Å²) in [6, 6.07) is 8.44. The third kappa shape index (κ3) is 11.0. The van der Waals surface area contributed by atoms with E-state index in [0.29, 0.717) is 18.8 Å². The second kappa shape index (κ2) is 15.6. The maximum absolute atomic E-state index is 11.8. The van der Waals surface area contributed by atoms with Crippen LogP contribution in [0.25, 0.3) is 0 Å². The van der Waals surface area contributed by atoms with Crippen molar-refractivity contribution in [1.29, 1.82) is 0 Å². The van der Waals surface area contributed by atoms with Gasteiger partial charge >= 0.3 is 5.97 Å². The fraction of sp³-hybridized carbons (Fsp3) is 0.636. The molecule has 0 fully saturated rings. The largest absolute Gasteiger partial charge is 0.457 e. The van der Waals surface area contributed by atoms with Crippen molar-refractivity contribution in [3.05, 3.63) is 35.9 Å². The highest BCUT2D eigenvalue weighted by Gasteiger charge is 2.16. The van der Waals surface area contributed by atoms with E-state index in [1.165, 1.54) is 57.8 Å². The summed E-state index contributed by atoms with van der Waals surface area (Å²) in [4.78, 5) is 23.4. The molecule has 0 saturated heterocycles. The van der Waals surface area contributed by atoms with Crippen molar-refractivity contribution in [3.8, 4) is 0 Å². The van der Waals surface area contributed by atoms with Crippen LogP contribution in [0.5, 0.6) is 0 Å². The number of hydrogen-bond acceptors (Lipinski definition) is 4. The Morgan fingerprint density at radius 3 is 1.92 bits per heavy atom. The van der Waals surface area contributed by atoms with Gasteiger partial charge in [-0.05, 0) is 6.42 Å². The van der Waals surface area contributed by atoms with Crippen molar-refractivity contribution in [2.75, 3.05) is 19.8 Å². The van der Waals surface area contributed by atoms with Crippen LogP contribution in [0.1, 0.15) is 81.5 Å². The third-order valence-electron chi connectivity index (χ3n) is 4.32. The summed E-state index contributed by atoms with van der Waals surface area (Å²) in [7, 11) is 0. The molecule has 0 bridgehead atoms. The predicted octanol–water partition coefficient (Wildman–Crippen LogP) is 5.35. The summed E-state index contributed by atoms with van der Waals surface area (Å²) in [6.45, 7) is 3.39. The molecule has 1 aromatic rings. The van der Waals surface area contributed by atoms with E-state index in [0.717, 1.165) is 6.42 Å². The first-order valence-electron chi connectivity index (χ1n) is 10.1. The molecule has 0 radical (unpaired) electrons. The molecule has 0 aliphatic rings. The lowest BCUT2D eigenvalue weighted by atomic mass is 10.1. The summed E-state index contributed by atoms with van der Waals surface area (Å²) in [6.07, 6.45) is 12.9. The Kier molecular flexibility index (Phi) is 13.4. The van der Waals surface area contributed by atoms with Crippen LogP contribution < -0.4 is 0 Å². The second-order valence-corrected chi connectivity index (χ2v) is 6.63. The van der Waals surface area contributed by atoms with Gasteiger partial charge in [0.05, 0.1) is 6.61 Å². The van der Waals surface area contributed by atoms with Crippen molar-refractivity contribution in [1.82, 2.24) is 0 Å². The minimum Gasteiger partial charge on any atom is -0.457 e. The van der Waals surface area contributed by atoms with E-state index in [1.54, 1.807) is 30.3 Å². The summed E-state index contributed by atoms with van der Waals surface area (Å²) < 4.78 is 10.4. The molecule has 0 aliphatic carbocycles. The van der Waals surface area contributed by atoms with E-state index in [2.05, 4.69) is 6.92 Å². The van der Waals surface area contributed by atoms with Crippen LogP contribution in [0.3, 0.4) is 0 Å². The first-order chi connectivity index (χ1) is 12.8. The summed E-state index contributed by atoms with van der Waals surface area (Å²) in [5, 5.41) is 0. The van der Waals surface area contributed by atoms with Crippen LogP contribution in [0, 0.1) is 0 Å². The van der Waals surface area contributed by atoms with Crippen molar-refractivity contribution in [2.45, 2.75) is 71.1 Å². The van der Waals surface area contributed by atoms with E-state index in [4.69, 9.17) is 9.47 Å². The van der Waals surface area contributed by atoms with Crippen molar-refractivity contribution < 1.29 is 19.1 Å². The molecule has 146 valence electrons. The highest BCUT2D eigenvalue weighted by atomic mass is 16.6. The zero-order valence-electron chi connectivity index (χ0n) is 16.2. The number of ketones is 1. The van der Waals surface area contributed by atoms with Gasteiger partial charge in [0.1, 0.15) is 6.61 Å². The smallest absolute Gasteiger partial charge is 0.379 e. The summed E-state index contributed by atoms with van der Waals surface area (Å²) in [5.41, 5.74) is 0.351. The highest BCUT2D eigenvalue weighted by molar-refractivity contribution is 6.40. The van der Waals surface area contributed by atoms with Gasteiger partial charge in [0.25, 0.3) is 5.78 Å². The Bertz CT molecular complexity index is 484. The number of rotatable bonds is 16. The highest BCUT2D eigenvalue weighted by Crippen LogP contribution is 2.10. The topological polar surface area (TPSA) is 52.6 Å². The maximum atomic E-state index is 11.8. The lowest BCUT2D eigenvalue weighted by Gasteiger charge is -2.06. The molecule has 0 aromatic heterocycles. The number of hydrogen-bond donors (Lipinski definition) is 0. The van der Waals surface area contributed by atoms with Crippen LogP contribution in [0.2, 0.25) is 0 Å². The molecule has 1 aromatic carbocycles. The molecule has 0 atom stereocenters. The molecule has 0 aliphatic heterocycles. The zero-order valence-corrected chi connectivity index (χ0v) is 16.2. The molecular weight excluding hydrogens is 328 g/mol. The predicted molar refractivity (Wildman–Crippen MR) is 104 cm³/mol. The quantitative estimate of drug-likeness (QED) is 0.172. The lowest BCUT2D eigenvalue weighted by Crippen LogP contribution is -2.20. The minimum atomic E-state index is -0.821. The van der Waals surface area contributed by atoms with Crippen LogP contribution in [0.4, 0.5) is 0 Å². The number of unbranched alkanes of at least 4 members (excludes halogenated alkanes) is 9. The molecule has 26 heavy (non-hydrogen) atoms. The molecule has 0 heterocycles. The minimum absolute atomic E-state index is 0.120. The van der Waals surface area contributed by atoms with Crippen LogP contribution >= 0.6 is 0 Å². The van der Waals surface area contributed by atoms with Gasteiger partial charge in [0, 0.05) is 12.2 Å². The first-order valence-corrected chi connectivity index (χ1v) is 10.1. The number of esters is 1. The summed E-state index contributed by atoms with van der Waals surface area (Å²) >= 11 is 0. The van der Waals surface area contributed by atoms with Gasteiger partial charge in [-0.2, -0.15) is 0 Å². The first kappa shape index (κ1) is 22.4. The van der Waals surface area contributed by atoms with E-state index in [9.17, 15) is 9.59 Å². The molecule has 0 N–H and O–H groups in total. The monoisotopic (exact) mass is 362 g/mol. The third-order valence-corrected chi connectivity index (χ3v) is 4.32. The van der Waals surface area contributed by atoms with Gasteiger partial charge in [0.2, 0.25) is 0 Å². The van der Waals surface area contributed by atoms with Gasteiger partial charge in [-0.1, -0.05) is 95.0 Å². The molecule has 4 heteroatoms. The normalized spacial score (nSPS) is 10.7. The Morgan fingerprint density at radius 2 is 1.31 bits per heavy atom. The van der Waals surface area contributed by atoms with Gasteiger partial charge in [-0.3, -0.25) is 4.79 Å². The van der Waals surface area contributed by atoms with E-state index >= 15 is 0 Å². The van der Waals surface area contributed by atoms with Gasteiger partial charge < -0.3 is 9.47 Å². The van der Waals surface area contributed by atoms with E-state index in [-0.39, 0.29) is 6.61 Å². The molecule has 0 unspecified atom stereocenters. The molecule has 4 nitrogen and oxygen atoms in total. The number of carbonyl (C=O) groups is 2. The second-order valence-electron chi connectivity index (χ2n) is 6.63. The standard InChI is InChI=1S/C22H34O4/c1-2-3-4-5-6-7-8-9-10-14-17-25-18-19-26-22(24)21(23)20-15-12-11-13-16-20/h11-13,15-16H,2-10,14,17-19H2,1H3. The van der Waals surface area contributed by atoms with Gasteiger partial charge in [-0.25, -0.2) is 4.79 Å². The number of Topliss-reactive ketones (excluding diaryl/α,β-unsaturated/α-hetero) is 1. The number of carbonyl (C=O) groups excluding carboxylic acids is 2. The van der Waals surface area contributed by atoms with Gasteiger partial charge in [-0.15, -0.1) is 0 Å². The molecule has 0 amide bonds. The fourth-order valence-electron chi connectivity index (χ4n) is 2.76. The van der Waals surface area contributed by atoms with Crippen LogP contribution in [-0.4, -0.2) is 31.6 Å². The maximum Gasteiger partial charge on any atom is 0.379 e. The average molecular weight is 363 g/mol. The average Bonchev–Trinajstić information content (AvgIpc) is 2.68. The Morgan fingerprint density at radius 1 is 0.731 bits per heavy atom.